The van der Waals surface area contributed by atoms with Gasteiger partial charge < -0.3 is 14.7 Å². The fourth-order valence-electron chi connectivity index (χ4n) is 2.06. The van der Waals surface area contributed by atoms with Crippen molar-refractivity contribution in [1.29, 1.82) is 0 Å². The smallest absolute Gasteiger partial charge is 0.291 e. The molecule has 22 heavy (non-hydrogen) atoms. The zero-order valence-corrected chi connectivity index (χ0v) is 12.4. The van der Waals surface area contributed by atoms with Crippen molar-refractivity contribution in [2.24, 2.45) is 0 Å². The number of carbonyl (C=O) groups is 1. The van der Waals surface area contributed by atoms with Crippen LogP contribution in [0.25, 0.3) is 10.9 Å². The number of nitrogens with one attached hydrogen (secondary N) is 3. The second-order valence-electron chi connectivity index (χ2n) is 4.53. The summed E-state index contributed by atoms with van der Waals surface area (Å²) in [5.74, 6) is -0.614. The number of furan rings is 1. The van der Waals surface area contributed by atoms with Gasteiger partial charge in [0.2, 0.25) is 5.09 Å². The fourth-order valence-corrected chi connectivity index (χ4v) is 2.71. The Morgan fingerprint density at radius 2 is 2.00 bits per heavy atom. The standard InChI is InChI=1S/C14H13N3O4S/c1-15-22(19,20)12-6-5-11(21-12)14(18)17-10-4-2-3-9-7-8-16-13(9)10/h2-8,15-16H,1H3,(H,17,18). The molecule has 2 heterocycles. The molecule has 0 aliphatic rings. The molecule has 0 bridgehead atoms. The van der Waals surface area contributed by atoms with Crippen molar-refractivity contribution in [3.8, 4) is 0 Å². The summed E-state index contributed by atoms with van der Waals surface area (Å²) < 4.78 is 30.4. The summed E-state index contributed by atoms with van der Waals surface area (Å²) in [6.07, 6.45) is 1.77. The van der Waals surface area contributed by atoms with E-state index >= 15 is 0 Å². The van der Waals surface area contributed by atoms with Gasteiger partial charge in [-0.2, -0.15) is 0 Å². The van der Waals surface area contributed by atoms with Crippen molar-refractivity contribution < 1.29 is 17.6 Å². The van der Waals surface area contributed by atoms with Crippen LogP contribution in [0.2, 0.25) is 0 Å². The Labute approximate surface area is 126 Å². The van der Waals surface area contributed by atoms with E-state index in [0.29, 0.717) is 5.69 Å². The average molecular weight is 319 g/mol. The van der Waals surface area contributed by atoms with Gasteiger partial charge in [-0.25, -0.2) is 13.1 Å². The number of aromatic nitrogens is 1. The van der Waals surface area contributed by atoms with Gasteiger partial charge in [-0.3, -0.25) is 4.79 Å². The molecule has 0 atom stereocenters. The molecule has 0 saturated heterocycles. The van der Waals surface area contributed by atoms with Gasteiger partial charge in [0, 0.05) is 11.6 Å². The summed E-state index contributed by atoms with van der Waals surface area (Å²) in [6, 6.07) is 9.89. The van der Waals surface area contributed by atoms with Crippen LogP contribution in [-0.2, 0) is 10.0 Å². The highest BCUT2D eigenvalue weighted by Gasteiger charge is 2.20. The van der Waals surface area contributed by atoms with Crippen LogP contribution in [0.4, 0.5) is 5.69 Å². The van der Waals surface area contributed by atoms with Crippen LogP contribution in [0.5, 0.6) is 0 Å². The highest BCUT2D eigenvalue weighted by molar-refractivity contribution is 7.89. The van der Waals surface area contributed by atoms with Gasteiger partial charge in [-0.15, -0.1) is 0 Å². The SMILES string of the molecule is CNS(=O)(=O)c1ccc(C(=O)Nc2cccc3cc[nH]c23)o1. The normalized spacial score (nSPS) is 11.7. The number of hydrogen-bond acceptors (Lipinski definition) is 4. The van der Waals surface area contributed by atoms with Gasteiger partial charge in [0.25, 0.3) is 15.9 Å². The van der Waals surface area contributed by atoms with Gasteiger partial charge in [0.05, 0.1) is 11.2 Å². The predicted octanol–water partition coefficient (Wildman–Crippen LogP) is 1.92. The Bertz CT molecular complexity index is 940. The minimum atomic E-state index is -3.71. The number of hydrogen-bond donors (Lipinski definition) is 3. The molecule has 0 aliphatic carbocycles. The molecule has 0 spiro atoms. The monoisotopic (exact) mass is 319 g/mol. The second kappa shape index (κ2) is 5.32. The summed E-state index contributed by atoms with van der Waals surface area (Å²) >= 11 is 0. The van der Waals surface area contributed by atoms with Gasteiger partial charge >= 0.3 is 0 Å². The first-order valence-corrected chi connectivity index (χ1v) is 7.90. The van der Waals surface area contributed by atoms with Crippen molar-refractivity contribution in [2.45, 2.75) is 5.09 Å². The minimum Gasteiger partial charge on any atom is -0.438 e. The third-order valence-electron chi connectivity index (χ3n) is 3.17. The van der Waals surface area contributed by atoms with Crippen LogP contribution in [0.15, 0.2) is 52.1 Å². The number of para-hydroxylation sites is 1. The molecule has 0 fully saturated rings. The molecule has 114 valence electrons. The van der Waals surface area contributed by atoms with Crippen molar-refractivity contribution in [1.82, 2.24) is 9.71 Å². The summed E-state index contributed by atoms with van der Waals surface area (Å²) in [4.78, 5) is 15.2. The van der Waals surface area contributed by atoms with Crippen molar-refractivity contribution in [2.75, 3.05) is 12.4 Å². The van der Waals surface area contributed by atoms with Crippen LogP contribution in [0.1, 0.15) is 10.6 Å². The first-order chi connectivity index (χ1) is 10.5. The van der Waals surface area contributed by atoms with Crippen LogP contribution < -0.4 is 10.0 Å². The van der Waals surface area contributed by atoms with E-state index in [4.69, 9.17) is 4.42 Å². The second-order valence-corrected chi connectivity index (χ2v) is 6.35. The number of aromatic amines is 1. The summed E-state index contributed by atoms with van der Waals surface area (Å²) in [5, 5.41) is 3.34. The molecule has 7 nitrogen and oxygen atoms in total. The van der Waals surface area contributed by atoms with Gasteiger partial charge in [0.15, 0.2) is 5.76 Å². The largest absolute Gasteiger partial charge is 0.438 e. The first-order valence-electron chi connectivity index (χ1n) is 6.42. The van der Waals surface area contributed by atoms with E-state index in [1.54, 1.807) is 12.3 Å². The summed E-state index contributed by atoms with van der Waals surface area (Å²) in [7, 11) is -2.44. The lowest BCUT2D eigenvalue weighted by Gasteiger charge is -2.04. The topological polar surface area (TPSA) is 104 Å². The van der Waals surface area contributed by atoms with E-state index in [1.165, 1.54) is 19.2 Å². The third kappa shape index (κ3) is 2.49. The van der Waals surface area contributed by atoms with E-state index in [0.717, 1.165) is 10.9 Å². The molecule has 3 rings (SSSR count). The summed E-state index contributed by atoms with van der Waals surface area (Å²) in [6.45, 7) is 0. The number of sulfonamides is 1. The molecule has 1 amide bonds. The van der Waals surface area contributed by atoms with E-state index < -0.39 is 15.9 Å². The van der Waals surface area contributed by atoms with Crippen LogP contribution in [0, 0.1) is 0 Å². The number of fused-ring (bicyclic) bond motifs is 1. The highest BCUT2D eigenvalue weighted by Crippen LogP contribution is 2.22. The van der Waals surface area contributed by atoms with E-state index in [-0.39, 0.29) is 10.9 Å². The number of H-pyrrole nitrogens is 1. The molecular formula is C14H13N3O4S. The van der Waals surface area contributed by atoms with Crippen LogP contribution >= 0.6 is 0 Å². The number of benzene rings is 1. The van der Waals surface area contributed by atoms with Gasteiger partial charge in [-0.05, 0) is 31.3 Å². The Kier molecular flexibility index (Phi) is 3.47. The molecule has 0 unspecified atom stereocenters. The molecule has 0 radical (unpaired) electrons. The van der Waals surface area contributed by atoms with Gasteiger partial charge in [-0.1, -0.05) is 12.1 Å². The maximum absolute atomic E-state index is 12.2. The Balaban J connectivity index is 1.88. The first kappa shape index (κ1) is 14.4. The van der Waals surface area contributed by atoms with E-state index in [2.05, 4.69) is 15.0 Å². The van der Waals surface area contributed by atoms with Crippen molar-refractivity contribution >= 4 is 32.5 Å². The van der Waals surface area contributed by atoms with Crippen LogP contribution in [-0.4, -0.2) is 26.4 Å². The number of anilines is 1. The number of carbonyl (C=O) groups excluding carboxylic acids is 1. The van der Waals surface area contributed by atoms with Crippen molar-refractivity contribution in [3.05, 3.63) is 48.4 Å². The third-order valence-corrected chi connectivity index (χ3v) is 4.46. The van der Waals surface area contributed by atoms with Gasteiger partial charge in [0.1, 0.15) is 0 Å². The average Bonchev–Trinajstić information content (AvgIpc) is 3.17. The summed E-state index contributed by atoms with van der Waals surface area (Å²) in [5.41, 5.74) is 1.37. The fraction of sp³-hybridized carbons (Fsp3) is 0.0714. The lowest BCUT2D eigenvalue weighted by atomic mass is 10.2. The lowest BCUT2D eigenvalue weighted by molar-refractivity contribution is 0.0991. The zero-order valence-electron chi connectivity index (χ0n) is 11.6. The number of amides is 1. The number of rotatable bonds is 4. The molecule has 2 aromatic heterocycles. The zero-order chi connectivity index (χ0) is 15.7. The molecule has 0 aliphatic heterocycles. The molecule has 0 saturated carbocycles. The molecule has 8 heteroatoms. The Morgan fingerprint density at radius 1 is 1.18 bits per heavy atom. The minimum absolute atomic E-state index is 0.0858. The van der Waals surface area contributed by atoms with E-state index in [9.17, 15) is 13.2 Å². The quantitative estimate of drug-likeness (QED) is 0.683. The molecule has 3 aromatic rings. The Hall–Kier alpha value is -2.58. The van der Waals surface area contributed by atoms with Crippen LogP contribution in [0.3, 0.4) is 0 Å². The lowest BCUT2D eigenvalue weighted by Crippen LogP contribution is -2.18. The maximum atomic E-state index is 12.2. The highest BCUT2D eigenvalue weighted by atomic mass is 32.2. The predicted molar refractivity (Wildman–Crippen MR) is 81.2 cm³/mol. The van der Waals surface area contributed by atoms with E-state index in [1.807, 2.05) is 18.2 Å². The molecule has 3 N–H and O–H groups in total. The molecular weight excluding hydrogens is 306 g/mol. The maximum Gasteiger partial charge on any atom is 0.291 e. The molecule has 1 aromatic carbocycles. The Morgan fingerprint density at radius 3 is 2.77 bits per heavy atom. The van der Waals surface area contributed by atoms with Crippen molar-refractivity contribution in [3.63, 3.8) is 0 Å².